The third-order valence-electron chi connectivity index (χ3n) is 3.92. The zero-order chi connectivity index (χ0) is 15.2. The van der Waals surface area contributed by atoms with Gasteiger partial charge in [0.25, 0.3) is 0 Å². The topological polar surface area (TPSA) is 73.6 Å². The highest BCUT2D eigenvalue weighted by Gasteiger charge is 2.26. The average Bonchev–Trinajstić information content (AvgIpc) is 2.94. The number of hydrogen-bond donors (Lipinski definition) is 1. The van der Waals surface area contributed by atoms with Crippen LogP contribution in [0.2, 0.25) is 0 Å². The molecule has 6 heteroatoms. The van der Waals surface area contributed by atoms with Crippen molar-refractivity contribution < 1.29 is 14.4 Å². The fourth-order valence-corrected chi connectivity index (χ4v) is 2.77. The van der Waals surface area contributed by atoms with E-state index in [4.69, 9.17) is 9.47 Å². The first-order chi connectivity index (χ1) is 10.2. The highest BCUT2D eigenvalue weighted by atomic mass is 16.6. The first kappa shape index (κ1) is 15.7. The van der Waals surface area contributed by atoms with Gasteiger partial charge in [-0.05, 0) is 30.4 Å². The molecule has 0 radical (unpaired) electrons. The summed E-state index contributed by atoms with van der Waals surface area (Å²) in [4.78, 5) is 10.6. The lowest BCUT2D eigenvalue weighted by atomic mass is 9.99. The normalized spacial score (nSPS) is 21.4. The summed E-state index contributed by atoms with van der Waals surface area (Å²) in [5.74, 6) is 0.822. The molecule has 2 unspecified atom stereocenters. The van der Waals surface area contributed by atoms with Crippen LogP contribution < -0.4 is 10.1 Å². The zero-order valence-electron chi connectivity index (χ0n) is 12.5. The van der Waals surface area contributed by atoms with Crippen molar-refractivity contribution in [3.05, 3.63) is 33.9 Å². The van der Waals surface area contributed by atoms with Crippen molar-refractivity contribution in [1.82, 2.24) is 5.32 Å². The Bertz CT molecular complexity index is 493. The zero-order valence-corrected chi connectivity index (χ0v) is 12.5. The van der Waals surface area contributed by atoms with Crippen molar-refractivity contribution in [3.8, 4) is 5.75 Å². The largest absolute Gasteiger partial charge is 0.490 e. The number of nitro benzene ring substituents is 1. The molecule has 116 valence electrons. The van der Waals surface area contributed by atoms with Crippen LogP contribution in [0.3, 0.4) is 0 Å². The van der Waals surface area contributed by atoms with Crippen molar-refractivity contribution >= 4 is 5.69 Å². The minimum atomic E-state index is -0.416. The minimum Gasteiger partial charge on any atom is -0.490 e. The molecule has 0 bridgehead atoms. The van der Waals surface area contributed by atoms with Gasteiger partial charge in [-0.1, -0.05) is 13.0 Å². The number of nitrogens with zero attached hydrogens (tertiary/aromatic N) is 1. The molecule has 1 aromatic carbocycles. The van der Waals surface area contributed by atoms with E-state index < -0.39 is 4.92 Å². The van der Waals surface area contributed by atoms with Crippen molar-refractivity contribution in [2.75, 3.05) is 20.3 Å². The molecule has 0 saturated carbocycles. The second-order valence-corrected chi connectivity index (χ2v) is 5.26. The lowest BCUT2D eigenvalue weighted by Crippen LogP contribution is -2.27. The van der Waals surface area contributed by atoms with E-state index >= 15 is 0 Å². The Balaban J connectivity index is 1.91. The summed E-state index contributed by atoms with van der Waals surface area (Å²) in [7, 11) is 1.44. The lowest BCUT2D eigenvalue weighted by molar-refractivity contribution is -0.385. The number of rotatable bonds is 7. The summed E-state index contributed by atoms with van der Waals surface area (Å²) >= 11 is 0. The molecule has 1 aromatic rings. The quantitative estimate of drug-likeness (QED) is 0.618. The molecule has 1 heterocycles. The van der Waals surface area contributed by atoms with E-state index in [0.29, 0.717) is 24.3 Å². The smallest absolute Gasteiger partial charge is 0.311 e. The van der Waals surface area contributed by atoms with Gasteiger partial charge in [0, 0.05) is 25.8 Å². The van der Waals surface area contributed by atoms with Gasteiger partial charge in [-0.25, -0.2) is 0 Å². The predicted molar refractivity (Wildman–Crippen MR) is 79.5 cm³/mol. The van der Waals surface area contributed by atoms with Crippen LogP contribution in [0.25, 0.3) is 0 Å². The fourth-order valence-electron chi connectivity index (χ4n) is 2.77. The Labute approximate surface area is 124 Å². The summed E-state index contributed by atoms with van der Waals surface area (Å²) in [5, 5.41) is 14.4. The fraction of sp³-hybridized carbons (Fsp3) is 0.600. The van der Waals surface area contributed by atoms with Gasteiger partial charge >= 0.3 is 5.69 Å². The molecular formula is C15H22N2O4. The van der Waals surface area contributed by atoms with E-state index in [2.05, 4.69) is 12.2 Å². The van der Waals surface area contributed by atoms with Crippen molar-refractivity contribution in [3.63, 3.8) is 0 Å². The van der Waals surface area contributed by atoms with Crippen molar-refractivity contribution in [2.24, 2.45) is 5.92 Å². The summed E-state index contributed by atoms with van der Waals surface area (Å²) in [5.41, 5.74) is 0.891. The first-order valence-electron chi connectivity index (χ1n) is 7.29. The Kier molecular flexibility index (Phi) is 5.52. The van der Waals surface area contributed by atoms with Gasteiger partial charge in [0.05, 0.1) is 18.1 Å². The highest BCUT2D eigenvalue weighted by Crippen LogP contribution is 2.27. The molecule has 0 spiro atoms. The standard InChI is InChI=1S/C15H22N2O4/c1-3-14-12(6-7-21-14)10-16-9-11-4-5-15(20-2)13(8-11)17(18)19/h4-5,8,12,14,16H,3,6-7,9-10H2,1-2H3. The van der Waals surface area contributed by atoms with E-state index in [-0.39, 0.29) is 5.69 Å². The highest BCUT2D eigenvalue weighted by molar-refractivity contribution is 5.48. The number of benzene rings is 1. The van der Waals surface area contributed by atoms with Gasteiger partial charge in [0.2, 0.25) is 0 Å². The molecule has 1 saturated heterocycles. The second-order valence-electron chi connectivity index (χ2n) is 5.26. The van der Waals surface area contributed by atoms with Crippen LogP contribution in [0.1, 0.15) is 25.3 Å². The maximum Gasteiger partial charge on any atom is 0.311 e. The number of nitrogens with one attached hydrogen (secondary N) is 1. The van der Waals surface area contributed by atoms with E-state index in [9.17, 15) is 10.1 Å². The Morgan fingerprint density at radius 3 is 3.00 bits per heavy atom. The first-order valence-corrected chi connectivity index (χ1v) is 7.29. The summed E-state index contributed by atoms with van der Waals surface area (Å²) in [6.07, 6.45) is 2.44. The van der Waals surface area contributed by atoms with Crippen LogP contribution in [0.4, 0.5) is 5.69 Å². The molecule has 1 aliphatic heterocycles. The molecule has 2 atom stereocenters. The van der Waals surface area contributed by atoms with Crippen LogP contribution >= 0.6 is 0 Å². The summed E-state index contributed by atoms with van der Waals surface area (Å²) < 4.78 is 10.6. The Hall–Kier alpha value is -1.66. The van der Waals surface area contributed by atoms with Crippen LogP contribution in [0.5, 0.6) is 5.75 Å². The Morgan fingerprint density at radius 1 is 1.52 bits per heavy atom. The molecule has 0 aliphatic carbocycles. The molecule has 0 aromatic heterocycles. The summed E-state index contributed by atoms with van der Waals surface area (Å²) in [6.45, 7) is 4.45. The van der Waals surface area contributed by atoms with Crippen LogP contribution in [0.15, 0.2) is 18.2 Å². The van der Waals surface area contributed by atoms with Gasteiger partial charge in [-0.15, -0.1) is 0 Å². The molecule has 2 rings (SSSR count). The van der Waals surface area contributed by atoms with E-state index in [1.807, 2.05) is 6.07 Å². The third-order valence-corrected chi connectivity index (χ3v) is 3.92. The van der Waals surface area contributed by atoms with Gasteiger partial charge in [-0.2, -0.15) is 0 Å². The van der Waals surface area contributed by atoms with Crippen molar-refractivity contribution in [2.45, 2.75) is 32.4 Å². The number of methoxy groups -OCH3 is 1. The number of nitro groups is 1. The monoisotopic (exact) mass is 294 g/mol. The van der Waals surface area contributed by atoms with E-state index in [1.165, 1.54) is 7.11 Å². The Morgan fingerprint density at radius 2 is 2.33 bits per heavy atom. The molecule has 1 aliphatic rings. The maximum absolute atomic E-state index is 11.0. The SMILES string of the molecule is CCC1OCCC1CNCc1ccc(OC)c([N+](=O)[O-])c1. The van der Waals surface area contributed by atoms with Gasteiger partial charge < -0.3 is 14.8 Å². The van der Waals surface area contributed by atoms with Crippen LogP contribution in [-0.2, 0) is 11.3 Å². The molecule has 21 heavy (non-hydrogen) atoms. The maximum atomic E-state index is 11.0. The van der Waals surface area contributed by atoms with Crippen molar-refractivity contribution in [1.29, 1.82) is 0 Å². The molecule has 0 amide bonds. The summed E-state index contributed by atoms with van der Waals surface area (Å²) in [6, 6.07) is 5.05. The second kappa shape index (κ2) is 7.38. The molecule has 1 fully saturated rings. The van der Waals surface area contributed by atoms with Gasteiger partial charge in [0.15, 0.2) is 5.75 Å². The lowest BCUT2D eigenvalue weighted by Gasteiger charge is -2.17. The molecule has 6 nitrogen and oxygen atoms in total. The van der Waals surface area contributed by atoms with Gasteiger partial charge in [-0.3, -0.25) is 10.1 Å². The van der Waals surface area contributed by atoms with E-state index in [1.54, 1.807) is 12.1 Å². The average molecular weight is 294 g/mol. The predicted octanol–water partition coefficient (Wildman–Crippen LogP) is 2.51. The van der Waals surface area contributed by atoms with Crippen LogP contribution in [-0.4, -0.2) is 31.3 Å². The number of hydrogen-bond acceptors (Lipinski definition) is 5. The third kappa shape index (κ3) is 3.92. The minimum absolute atomic E-state index is 0.00688. The van der Waals surface area contributed by atoms with Crippen LogP contribution in [0, 0.1) is 16.0 Å². The molecule has 1 N–H and O–H groups in total. The molecular weight excluding hydrogens is 272 g/mol. The van der Waals surface area contributed by atoms with Gasteiger partial charge in [0.1, 0.15) is 0 Å². The van der Waals surface area contributed by atoms with E-state index in [0.717, 1.165) is 31.6 Å². The number of ether oxygens (including phenoxy) is 2.